The summed E-state index contributed by atoms with van der Waals surface area (Å²) in [4.78, 5) is 23.8. The molecular weight excluding hydrogens is 403 g/mol. The van der Waals surface area contributed by atoms with Crippen LogP contribution in [-0.2, 0) is 16.0 Å². The summed E-state index contributed by atoms with van der Waals surface area (Å²) < 4.78 is 18.8. The van der Waals surface area contributed by atoms with Crippen molar-refractivity contribution < 1.29 is 13.9 Å². The third kappa shape index (κ3) is 6.00. The minimum atomic E-state index is -0.260. The fourth-order valence-electron chi connectivity index (χ4n) is 3.73. The Morgan fingerprint density at radius 2 is 1.83 bits per heavy atom. The molecule has 3 rings (SSSR count). The summed E-state index contributed by atoms with van der Waals surface area (Å²) in [6.45, 7) is 7.30. The Labute approximate surface area is 181 Å². The summed E-state index contributed by atoms with van der Waals surface area (Å²) in [5.74, 6) is -0.271. The minimum Gasteiger partial charge on any atom is -0.379 e. The number of amides is 1. The second kappa shape index (κ2) is 10.8. The van der Waals surface area contributed by atoms with E-state index in [1.54, 1.807) is 12.1 Å². The fraction of sp³-hybridized carbons (Fsp3) is 0.500. The number of benzene rings is 1. The van der Waals surface area contributed by atoms with Gasteiger partial charge in [-0.25, -0.2) is 14.4 Å². The average Bonchev–Trinajstić information content (AvgIpc) is 2.75. The highest BCUT2D eigenvalue weighted by molar-refractivity contribution is 7.98. The summed E-state index contributed by atoms with van der Waals surface area (Å²) in [6.07, 6.45) is 2.94. The quantitative estimate of drug-likeness (QED) is 0.511. The van der Waals surface area contributed by atoms with Crippen LogP contribution in [-0.4, -0.2) is 59.9 Å². The van der Waals surface area contributed by atoms with Gasteiger partial charge in [-0.05, 0) is 49.8 Å². The van der Waals surface area contributed by atoms with Gasteiger partial charge in [-0.15, -0.1) is 0 Å². The summed E-state index contributed by atoms with van der Waals surface area (Å²) in [7, 11) is 0. The smallest absolute Gasteiger partial charge is 0.220 e. The van der Waals surface area contributed by atoms with Crippen molar-refractivity contribution in [3.63, 3.8) is 0 Å². The standard InChI is InChI=1S/C22H29FN4O2S/c1-15-19(16(2)26-22(25-15)30-3)8-9-21(28)24-14-20(27-10-12-29-13-11-27)17-4-6-18(23)7-5-17/h4-7,20H,8-14H2,1-3H3,(H,24,28)/t20-/m0/s1. The summed E-state index contributed by atoms with van der Waals surface area (Å²) in [6, 6.07) is 6.51. The predicted octanol–water partition coefficient (Wildman–Crippen LogP) is 3.08. The number of thioether (sulfide) groups is 1. The molecule has 30 heavy (non-hydrogen) atoms. The van der Waals surface area contributed by atoms with Crippen molar-refractivity contribution in [1.82, 2.24) is 20.2 Å². The molecular formula is C22H29FN4O2S. The van der Waals surface area contributed by atoms with Gasteiger partial charge < -0.3 is 10.1 Å². The summed E-state index contributed by atoms with van der Waals surface area (Å²) >= 11 is 1.52. The van der Waals surface area contributed by atoms with Crippen LogP contribution in [0, 0.1) is 19.7 Å². The molecule has 0 saturated carbocycles. The van der Waals surface area contributed by atoms with E-state index in [1.807, 2.05) is 20.1 Å². The second-order valence-electron chi connectivity index (χ2n) is 7.38. The zero-order chi connectivity index (χ0) is 21.5. The Morgan fingerprint density at radius 1 is 1.20 bits per heavy atom. The largest absolute Gasteiger partial charge is 0.379 e. The molecule has 2 heterocycles. The van der Waals surface area contributed by atoms with E-state index in [0.717, 1.165) is 40.8 Å². The van der Waals surface area contributed by atoms with Crippen LogP contribution in [0.1, 0.15) is 35.0 Å². The Kier molecular flexibility index (Phi) is 8.18. The van der Waals surface area contributed by atoms with E-state index < -0.39 is 0 Å². The number of carbonyl (C=O) groups excluding carboxylic acids is 1. The predicted molar refractivity (Wildman–Crippen MR) is 116 cm³/mol. The minimum absolute atomic E-state index is 0.00822. The van der Waals surface area contributed by atoms with Crippen LogP contribution in [0.2, 0.25) is 0 Å². The van der Waals surface area contributed by atoms with Gasteiger partial charge in [-0.2, -0.15) is 0 Å². The maximum atomic E-state index is 13.4. The molecule has 1 aromatic carbocycles. The van der Waals surface area contributed by atoms with Crippen LogP contribution in [0.25, 0.3) is 0 Å². The molecule has 0 aliphatic carbocycles. The van der Waals surface area contributed by atoms with Crippen LogP contribution in [0.15, 0.2) is 29.4 Å². The SMILES string of the molecule is CSc1nc(C)c(CCC(=O)NC[C@@H](c2ccc(F)cc2)N2CCOCC2)c(C)n1. The molecule has 1 N–H and O–H groups in total. The van der Waals surface area contributed by atoms with Gasteiger partial charge in [0.05, 0.1) is 19.3 Å². The maximum Gasteiger partial charge on any atom is 0.220 e. The van der Waals surface area contributed by atoms with Crippen LogP contribution < -0.4 is 5.32 Å². The number of halogens is 1. The molecule has 1 saturated heterocycles. The molecule has 0 unspecified atom stereocenters. The van der Waals surface area contributed by atoms with E-state index in [0.29, 0.717) is 32.6 Å². The first-order valence-electron chi connectivity index (χ1n) is 10.2. The van der Waals surface area contributed by atoms with Gasteiger partial charge in [-0.3, -0.25) is 9.69 Å². The number of ether oxygens (including phenoxy) is 1. The Morgan fingerprint density at radius 3 is 2.43 bits per heavy atom. The number of nitrogens with zero attached hydrogens (tertiary/aromatic N) is 3. The number of aryl methyl sites for hydroxylation is 2. The Bertz CT molecular complexity index is 834. The van der Waals surface area contributed by atoms with Gasteiger partial charge in [0, 0.05) is 37.4 Å². The molecule has 0 spiro atoms. The van der Waals surface area contributed by atoms with E-state index in [-0.39, 0.29) is 17.8 Å². The molecule has 1 fully saturated rings. The van der Waals surface area contributed by atoms with E-state index in [1.165, 1.54) is 23.9 Å². The van der Waals surface area contributed by atoms with Gasteiger partial charge >= 0.3 is 0 Å². The maximum absolute atomic E-state index is 13.4. The number of nitrogens with one attached hydrogen (secondary N) is 1. The zero-order valence-electron chi connectivity index (χ0n) is 17.8. The van der Waals surface area contributed by atoms with Crippen molar-refractivity contribution in [3.8, 4) is 0 Å². The number of carbonyl (C=O) groups is 1. The molecule has 1 amide bonds. The molecule has 6 nitrogen and oxygen atoms in total. The normalized spacial score (nSPS) is 15.7. The Hall–Kier alpha value is -2.03. The van der Waals surface area contributed by atoms with Gasteiger partial charge in [-0.1, -0.05) is 23.9 Å². The van der Waals surface area contributed by atoms with Crippen molar-refractivity contribution in [2.24, 2.45) is 0 Å². The number of hydrogen-bond acceptors (Lipinski definition) is 6. The zero-order valence-corrected chi connectivity index (χ0v) is 18.6. The highest BCUT2D eigenvalue weighted by Crippen LogP contribution is 2.22. The second-order valence-corrected chi connectivity index (χ2v) is 8.15. The van der Waals surface area contributed by atoms with Gasteiger partial charge in [0.25, 0.3) is 0 Å². The first kappa shape index (κ1) is 22.7. The molecule has 1 aliphatic rings. The highest BCUT2D eigenvalue weighted by atomic mass is 32.2. The topological polar surface area (TPSA) is 67.4 Å². The van der Waals surface area contributed by atoms with Gasteiger partial charge in [0.2, 0.25) is 5.91 Å². The highest BCUT2D eigenvalue weighted by Gasteiger charge is 2.23. The van der Waals surface area contributed by atoms with Crippen molar-refractivity contribution >= 4 is 17.7 Å². The molecule has 1 aromatic heterocycles. The number of rotatable bonds is 8. The van der Waals surface area contributed by atoms with Gasteiger partial charge in [0.1, 0.15) is 5.82 Å². The van der Waals surface area contributed by atoms with Crippen molar-refractivity contribution in [2.75, 3.05) is 39.1 Å². The molecule has 162 valence electrons. The van der Waals surface area contributed by atoms with Crippen LogP contribution in [0.4, 0.5) is 4.39 Å². The van der Waals surface area contributed by atoms with E-state index in [9.17, 15) is 9.18 Å². The lowest BCUT2D eigenvalue weighted by molar-refractivity contribution is -0.121. The third-order valence-corrected chi connectivity index (χ3v) is 5.97. The van der Waals surface area contributed by atoms with Crippen molar-refractivity contribution in [1.29, 1.82) is 0 Å². The lowest BCUT2D eigenvalue weighted by atomic mass is 10.0. The van der Waals surface area contributed by atoms with Crippen LogP contribution in [0.3, 0.4) is 0 Å². The van der Waals surface area contributed by atoms with Crippen molar-refractivity contribution in [2.45, 2.75) is 37.9 Å². The number of hydrogen-bond donors (Lipinski definition) is 1. The fourth-order valence-corrected chi connectivity index (χ4v) is 4.19. The average molecular weight is 433 g/mol. The molecule has 2 aromatic rings. The van der Waals surface area contributed by atoms with E-state index in [4.69, 9.17) is 4.74 Å². The molecule has 0 bridgehead atoms. The third-order valence-electron chi connectivity index (χ3n) is 5.42. The molecule has 8 heteroatoms. The first-order chi connectivity index (χ1) is 14.5. The first-order valence-corrected chi connectivity index (χ1v) is 11.4. The van der Waals surface area contributed by atoms with Crippen molar-refractivity contribution in [3.05, 3.63) is 52.6 Å². The lowest BCUT2D eigenvalue weighted by Gasteiger charge is -2.35. The van der Waals surface area contributed by atoms with E-state index >= 15 is 0 Å². The Balaban J connectivity index is 1.61. The van der Waals surface area contributed by atoms with E-state index in [2.05, 4.69) is 20.2 Å². The number of morpholine rings is 1. The monoisotopic (exact) mass is 432 g/mol. The number of aromatic nitrogens is 2. The summed E-state index contributed by atoms with van der Waals surface area (Å²) in [5, 5.41) is 3.82. The van der Waals surface area contributed by atoms with Crippen LogP contribution >= 0.6 is 11.8 Å². The lowest BCUT2D eigenvalue weighted by Crippen LogP contribution is -2.43. The summed E-state index contributed by atoms with van der Waals surface area (Å²) in [5.41, 5.74) is 3.88. The van der Waals surface area contributed by atoms with Gasteiger partial charge in [0.15, 0.2) is 5.16 Å². The molecule has 1 aliphatic heterocycles. The van der Waals surface area contributed by atoms with Crippen LogP contribution in [0.5, 0.6) is 0 Å². The molecule has 1 atom stereocenters. The molecule has 0 radical (unpaired) electrons.